The molecule has 0 aromatic heterocycles. The smallest absolute Gasteiger partial charge is 0.265 e. The number of carbonyl (C=O) groups excluding carboxylic acids is 2. The fourth-order valence-electron chi connectivity index (χ4n) is 3.93. The largest absolute Gasteiger partial charge is 0.494 e. The molecule has 0 bridgehead atoms. The standard InChI is InChI=1S/C30H32N2O3S/c1-4-5-18-35-25-16-14-24(15-17-25)22(3)31-29(33)20-32-26-8-6-7-9-27(26)36-28(30(32)34)19-23-12-10-21(2)11-13-23/h6-17,19,22H,4-5,18,20H2,1-3H3,(H,31,33)/b28-19-/t22-/m0/s1. The number of hydrogen-bond acceptors (Lipinski definition) is 4. The summed E-state index contributed by atoms with van der Waals surface area (Å²) in [5.74, 6) is 0.442. The molecule has 0 saturated carbocycles. The number of benzene rings is 3. The molecule has 2 amide bonds. The number of rotatable bonds is 9. The molecule has 5 nitrogen and oxygen atoms in total. The second kappa shape index (κ2) is 12.0. The number of carbonyl (C=O) groups is 2. The van der Waals surface area contributed by atoms with E-state index in [2.05, 4.69) is 12.2 Å². The van der Waals surface area contributed by atoms with E-state index in [1.54, 1.807) is 4.90 Å². The summed E-state index contributed by atoms with van der Waals surface area (Å²) < 4.78 is 5.73. The van der Waals surface area contributed by atoms with Crippen molar-refractivity contribution in [1.29, 1.82) is 0 Å². The van der Waals surface area contributed by atoms with Crippen molar-refractivity contribution in [1.82, 2.24) is 5.32 Å². The van der Waals surface area contributed by atoms with Crippen LogP contribution in [-0.2, 0) is 9.59 Å². The summed E-state index contributed by atoms with van der Waals surface area (Å²) in [6.07, 6.45) is 4.00. The van der Waals surface area contributed by atoms with Gasteiger partial charge < -0.3 is 10.1 Å². The summed E-state index contributed by atoms with van der Waals surface area (Å²) in [5.41, 5.74) is 3.85. The first-order chi connectivity index (χ1) is 17.4. The molecule has 1 aliphatic heterocycles. The summed E-state index contributed by atoms with van der Waals surface area (Å²) in [6.45, 7) is 6.75. The van der Waals surface area contributed by atoms with Crippen molar-refractivity contribution in [2.75, 3.05) is 18.1 Å². The second-order valence-electron chi connectivity index (χ2n) is 8.94. The fourth-order valence-corrected chi connectivity index (χ4v) is 4.99. The molecule has 1 atom stereocenters. The van der Waals surface area contributed by atoms with Crippen LogP contribution in [0.2, 0.25) is 0 Å². The Morgan fingerprint density at radius 2 is 1.78 bits per heavy atom. The van der Waals surface area contributed by atoms with Gasteiger partial charge in [-0.25, -0.2) is 0 Å². The molecule has 6 heteroatoms. The van der Waals surface area contributed by atoms with Crippen molar-refractivity contribution in [3.05, 3.63) is 94.4 Å². The number of amides is 2. The highest BCUT2D eigenvalue weighted by atomic mass is 32.2. The van der Waals surface area contributed by atoms with Gasteiger partial charge in [0, 0.05) is 4.90 Å². The lowest BCUT2D eigenvalue weighted by Crippen LogP contribution is -2.43. The Labute approximate surface area is 217 Å². The summed E-state index contributed by atoms with van der Waals surface area (Å²) in [6, 6.07) is 23.3. The number of aryl methyl sites for hydroxylation is 1. The second-order valence-corrected chi connectivity index (χ2v) is 10.0. The van der Waals surface area contributed by atoms with Gasteiger partial charge in [0.2, 0.25) is 5.91 Å². The lowest BCUT2D eigenvalue weighted by atomic mass is 10.1. The van der Waals surface area contributed by atoms with Gasteiger partial charge in [0.05, 0.1) is 23.2 Å². The third-order valence-corrected chi connectivity index (χ3v) is 7.11. The molecule has 1 aliphatic rings. The number of thioether (sulfide) groups is 1. The molecule has 0 spiro atoms. The first-order valence-electron chi connectivity index (χ1n) is 12.3. The van der Waals surface area contributed by atoms with Crippen LogP contribution in [0.15, 0.2) is 82.6 Å². The molecule has 4 rings (SSSR count). The van der Waals surface area contributed by atoms with E-state index in [0.29, 0.717) is 11.5 Å². The molecule has 186 valence electrons. The van der Waals surface area contributed by atoms with Gasteiger partial charge in [-0.2, -0.15) is 0 Å². The fraction of sp³-hybridized carbons (Fsp3) is 0.267. The minimum Gasteiger partial charge on any atom is -0.494 e. The molecule has 0 aliphatic carbocycles. The van der Waals surface area contributed by atoms with Crippen LogP contribution in [0.3, 0.4) is 0 Å². The minimum absolute atomic E-state index is 0.0514. The van der Waals surface area contributed by atoms with Crippen molar-refractivity contribution in [2.45, 2.75) is 44.6 Å². The highest BCUT2D eigenvalue weighted by molar-refractivity contribution is 8.04. The lowest BCUT2D eigenvalue weighted by molar-refractivity contribution is -0.122. The number of ether oxygens (including phenoxy) is 1. The van der Waals surface area contributed by atoms with Gasteiger partial charge in [-0.1, -0.05) is 79.2 Å². The van der Waals surface area contributed by atoms with Crippen molar-refractivity contribution in [3.8, 4) is 5.75 Å². The number of para-hydroxylation sites is 1. The number of unbranched alkanes of at least 4 members (excludes halogenated alkanes) is 1. The topological polar surface area (TPSA) is 58.6 Å². The zero-order chi connectivity index (χ0) is 25.5. The van der Waals surface area contributed by atoms with Crippen molar-refractivity contribution in [2.24, 2.45) is 0 Å². The average molecular weight is 501 g/mol. The van der Waals surface area contributed by atoms with Gasteiger partial charge >= 0.3 is 0 Å². The molecule has 3 aromatic carbocycles. The third-order valence-electron chi connectivity index (χ3n) is 6.03. The third kappa shape index (κ3) is 6.38. The molecule has 0 saturated heterocycles. The van der Waals surface area contributed by atoms with E-state index in [9.17, 15) is 9.59 Å². The zero-order valence-electron chi connectivity index (χ0n) is 21.0. The quantitative estimate of drug-likeness (QED) is 0.268. The average Bonchev–Trinajstić information content (AvgIpc) is 2.88. The van der Waals surface area contributed by atoms with E-state index in [0.717, 1.165) is 45.9 Å². The first kappa shape index (κ1) is 25.6. The van der Waals surface area contributed by atoms with E-state index in [1.165, 1.54) is 11.8 Å². The number of nitrogens with zero attached hydrogens (tertiary/aromatic N) is 1. The minimum atomic E-state index is -0.212. The van der Waals surface area contributed by atoms with Gasteiger partial charge in [-0.05, 0) is 61.7 Å². The highest BCUT2D eigenvalue weighted by Gasteiger charge is 2.30. The van der Waals surface area contributed by atoms with Gasteiger partial charge in [-0.3, -0.25) is 14.5 Å². The van der Waals surface area contributed by atoms with Crippen LogP contribution in [0.4, 0.5) is 5.69 Å². The molecular formula is C30H32N2O3S. The molecular weight excluding hydrogens is 468 g/mol. The SMILES string of the molecule is CCCCOc1ccc([C@H](C)NC(=O)CN2C(=O)/C(=C/c3ccc(C)cc3)Sc3ccccc32)cc1. The number of anilines is 1. The van der Waals surface area contributed by atoms with E-state index < -0.39 is 0 Å². The molecule has 0 radical (unpaired) electrons. The monoisotopic (exact) mass is 500 g/mol. The van der Waals surface area contributed by atoms with Crippen LogP contribution in [0, 0.1) is 6.92 Å². The van der Waals surface area contributed by atoms with E-state index in [4.69, 9.17) is 4.74 Å². The maximum atomic E-state index is 13.4. The van der Waals surface area contributed by atoms with Gasteiger partial charge in [-0.15, -0.1) is 0 Å². The van der Waals surface area contributed by atoms with Gasteiger partial charge in [0.25, 0.3) is 5.91 Å². The van der Waals surface area contributed by atoms with Crippen LogP contribution in [0.5, 0.6) is 5.75 Å². The molecule has 0 unspecified atom stereocenters. The molecule has 3 aromatic rings. The summed E-state index contributed by atoms with van der Waals surface area (Å²) in [7, 11) is 0. The number of nitrogens with one attached hydrogen (secondary N) is 1. The molecule has 36 heavy (non-hydrogen) atoms. The molecule has 1 N–H and O–H groups in total. The highest BCUT2D eigenvalue weighted by Crippen LogP contribution is 2.42. The maximum absolute atomic E-state index is 13.4. The predicted octanol–water partition coefficient (Wildman–Crippen LogP) is 6.53. The van der Waals surface area contributed by atoms with Gasteiger partial charge in [0.1, 0.15) is 12.3 Å². The van der Waals surface area contributed by atoms with Crippen molar-refractivity contribution >= 4 is 35.3 Å². The first-order valence-corrected chi connectivity index (χ1v) is 13.2. The van der Waals surface area contributed by atoms with E-state index in [1.807, 2.05) is 92.7 Å². The van der Waals surface area contributed by atoms with Crippen molar-refractivity contribution < 1.29 is 14.3 Å². The molecule has 0 fully saturated rings. The predicted molar refractivity (Wildman–Crippen MR) is 147 cm³/mol. The zero-order valence-corrected chi connectivity index (χ0v) is 21.8. The normalized spacial score (nSPS) is 14.9. The van der Waals surface area contributed by atoms with Crippen LogP contribution in [-0.4, -0.2) is 25.0 Å². The Hall–Kier alpha value is -3.51. The van der Waals surface area contributed by atoms with Crippen LogP contribution < -0.4 is 15.0 Å². The summed E-state index contributed by atoms with van der Waals surface area (Å²) in [5, 5.41) is 3.04. The van der Waals surface area contributed by atoms with Crippen molar-refractivity contribution in [3.63, 3.8) is 0 Å². The summed E-state index contributed by atoms with van der Waals surface area (Å²) >= 11 is 1.44. The van der Waals surface area contributed by atoms with Crippen LogP contribution in [0.25, 0.3) is 6.08 Å². The van der Waals surface area contributed by atoms with Crippen LogP contribution >= 0.6 is 11.8 Å². The number of hydrogen-bond donors (Lipinski definition) is 1. The van der Waals surface area contributed by atoms with Crippen LogP contribution in [0.1, 0.15) is 49.4 Å². The Kier molecular flexibility index (Phi) is 8.49. The Morgan fingerprint density at radius 3 is 2.50 bits per heavy atom. The van der Waals surface area contributed by atoms with Gasteiger partial charge in [0.15, 0.2) is 0 Å². The Balaban J connectivity index is 1.46. The Bertz CT molecular complexity index is 1240. The van der Waals surface area contributed by atoms with E-state index in [-0.39, 0.29) is 24.4 Å². The summed E-state index contributed by atoms with van der Waals surface area (Å²) in [4.78, 5) is 29.6. The number of fused-ring (bicyclic) bond motifs is 1. The Morgan fingerprint density at radius 1 is 1.06 bits per heavy atom. The van der Waals surface area contributed by atoms with E-state index >= 15 is 0 Å². The lowest BCUT2D eigenvalue weighted by Gasteiger charge is -2.30. The maximum Gasteiger partial charge on any atom is 0.265 e. The molecule has 1 heterocycles.